The van der Waals surface area contributed by atoms with E-state index in [1.807, 2.05) is 0 Å². The lowest BCUT2D eigenvalue weighted by atomic mass is 10.1. The number of hydrogen-bond acceptors (Lipinski definition) is 3. The third kappa shape index (κ3) is 9.72. The van der Waals surface area contributed by atoms with Gasteiger partial charge in [0, 0.05) is 11.6 Å². The van der Waals surface area contributed by atoms with Crippen LogP contribution in [-0.2, 0) is 0 Å². The highest BCUT2D eigenvalue weighted by Crippen LogP contribution is 2.15. The third-order valence-corrected chi connectivity index (χ3v) is 3.60. The van der Waals surface area contributed by atoms with E-state index in [1.165, 1.54) is 38.5 Å². The molecule has 0 amide bonds. The summed E-state index contributed by atoms with van der Waals surface area (Å²) in [5.41, 5.74) is 0. The van der Waals surface area contributed by atoms with Crippen molar-refractivity contribution in [2.75, 3.05) is 19.7 Å². The number of aliphatic hydroxyl groups excluding tert-OH is 1. The maximum absolute atomic E-state index is 9.82. The van der Waals surface area contributed by atoms with Crippen molar-refractivity contribution in [1.82, 2.24) is 5.32 Å². The number of unbranched alkanes of at least 4 members (excludes halogenated alkanes) is 5. The lowest BCUT2D eigenvalue weighted by Gasteiger charge is -2.13. The number of nitrogens with one attached hydrogen (secondary N) is 1. The predicted octanol–water partition coefficient (Wildman–Crippen LogP) is 4.03. The number of benzene rings is 1. The van der Waals surface area contributed by atoms with Crippen LogP contribution in [0.1, 0.15) is 45.4 Å². The molecule has 1 rings (SSSR count). The van der Waals surface area contributed by atoms with Crippen molar-refractivity contribution in [2.45, 2.75) is 51.6 Å². The van der Waals surface area contributed by atoms with Crippen molar-refractivity contribution < 1.29 is 9.84 Å². The van der Waals surface area contributed by atoms with Gasteiger partial charge in [0.25, 0.3) is 0 Å². The molecule has 21 heavy (non-hydrogen) atoms. The van der Waals surface area contributed by atoms with Gasteiger partial charge in [0.05, 0.1) is 0 Å². The molecule has 3 nitrogen and oxygen atoms in total. The molecule has 0 aliphatic heterocycles. The highest BCUT2D eigenvalue weighted by Gasteiger charge is 2.04. The first-order chi connectivity index (χ1) is 10.2. The first-order valence-corrected chi connectivity index (χ1v) is 8.37. The summed E-state index contributed by atoms with van der Waals surface area (Å²) in [4.78, 5) is 0. The minimum absolute atomic E-state index is 0.297. The Morgan fingerprint density at radius 3 is 2.48 bits per heavy atom. The molecule has 0 bridgehead atoms. The average molecular weight is 314 g/mol. The van der Waals surface area contributed by atoms with E-state index in [4.69, 9.17) is 16.3 Å². The van der Waals surface area contributed by atoms with Gasteiger partial charge in [-0.05, 0) is 37.2 Å². The zero-order chi connectivity index (χ0) is 15.3. The molecule has 0 fully saturated rings. The van der Waals surface area contributed by atoms with Gasteiger partial charge in [-0.25, -0.2) is 0 Å². The molecule has 0 aliphatic rings. The van der Waals surface area contributed by atoms with Crippen molar-refractivity contribution in [1.29, 1.82) is 0 Å². The summed E-state index contributed by atoms with van der Waals surface area (Å²) < 4.78 is 5.50. The second kappa shape index (κ2) is 11.8. The Balaban J connectivity index is 1.96. The van der Waals surface area contributed by atoms with E-state index >= 15 is 0 Å². The maximum Gasteiger partial charge on any atom is 0.119 e. The van der Waals surface area contributed by atoms with Gasteiger partial charge in [-0.15, -0.1) is 0 Å². The fourth-order valence-electron chi connectivity index (χ4n) is 2.08. The maximum atomic E-state index is 9.82. The van der Waals surface area contributed by atoms with Gasteiger partial charge in [0.15, 0.2) is 0 Å². The first kappa shape index (κ1) is 18.3. The van der Waals surface area contributed by atoms with Gasteiger partial charge in [-0.1, -0.05) is 50.6 Å². The molecule has 1 aromatic rings. The third-order valence-electron chi connectivity index (χ3n) is 3.34. The second-order valence-corrected chi connectivity index (χ2v) is 5.83. The highest BCUT2D eigenvalue weighted by molar-refractivity contribution is 6.30. The standard InChI is InChI=1S/C17H28ClNO2/c1-2-3-4-5-6-7-12-19-13-16(20)14-21-17-10-8-15(18)9-11-17/h8-11,16,19-20H,2-7,12-14H2,1H3. The average Bonchev–Trinajstić information content (AvgIpc) is 2.49. The van der Waals surface area contributed by atoms with Crippen LogP contribution in [0.2, 0.25) is 5.02 Å². The fraction of sp³-hybridized carbons (Fsp3) is 0.647. The minimum Gasteiger partial charge on any atom is -0.491 e. The molecule has 0 radical (unpaired) electrons. The lowest BCUT2D eigenvalue weighted by molar-refractivity contribution is 0.106. The van der Waals surface area contributed by atoms with Crippen LogP contribution >= 0.6 is 11.6 Å². The molecule has 0 spiro atoms. The van der Waals surface area contributed by atoms with E-state index in [-0.39, 0.29) is 0 Å². The van der Waals surface area contributed by atoms with E-state index in [1.54, 1.807) is 24.3 Å². The van der Waals surface area contributed by atoms with E-state index in [0.717, 1.165) is 12.3 Å². The Labute approximate surface area is 133 Å². The van der Waals surface area contributed by atoms with Crippen LogP contribution in [0.25, 0.3) is 0 Å². The van der Waals surface area contributed by atoms with Crippen molar-refractivity contribution >= 4 is 11.6 Å². The summed E-state index contributed by atoms with van der Waals surface area (Å²) in [5.74, 6) is 0.731. The summed E-state index contributed by atoms with van der Waals surface area (Å²) in [6.07, 6.45) is 7.25. The Kier molecular flexibility index (Phi) is 10.3. The van der Waals surface area contributed by atoms with Crippen LogP contribution < -0.4 is 10.1 Å². The monoisotopic (exact) mass is 313 g/mol. The molecule has 1 aromatic carbocycles. The van der Waals surface area contributed by atoms with Crippen molar-refractivity contribution in [3.05, 3.63) is 29.3 Å². The van der Waals surface area contributed by atoms with Gasteiger partial charge in [0.2, 0.25) is 0 Å². The van der Waals surface area contributed by atoms with Crippen LogP contribution in [0.4, 0.5) is 0 Å². The molecule has 2 N–H and O–H groups in total. The Morgan fingerprint density at radius 2 is 1.76 bits per heavy atom. The SMILES string of the molecule is CCCCCCCCNCC(O)COc1ccc(Cl)cc1. The molecule has 1 atom stereocenters. The molecular formula is C17H28ClNO2. The number of hydrogen-bond donors (Lipinski definition) is 2. The topological polar surface area (TPSA) is 41.5 Å². The number of ether oxygens (including phenoxy) is 1. The van der Waals surface area contributed by atoms with E-state index in [2.05, 4.69) is 12.2 Å². The molecule has 4 heteroatoms. The summed E-state index contributed by atoms with van der Waals surface area (Å²) in [7, 11) is 0. The molecule has 0 aliphatic carbocycles. The summed E-state index contributed by atoms with van der Waals surface area (Å²) in [6.45, 7) is 4.06. The normalized spacial score (nSPS) is 12.3. The zero-order valence-corrected chi connectivity index (χ0v) is 13.7. The second-order valence-electron chi connectivity index (χ2n) is 5.39. The smallest absolute Gasteiger partial charge is 0.119 e. The number of rotatable bonds is 12. The minimum atomic E-state index is -0.485. The van der Waals surface area contributed by atoms with E-state index < -0.39 is 6.10 Å². The van der Waals surface area contributed by atoms with Crippen molar-refractivity contribution in [2.24, 2.45) is 0 Å². The van der Waals surface area contributed by atoms with E-state index in [9.17, 15) is 5.11 Å². The molecule has 120 valence electrons. The lowest BCUT2D eigenvalue weighted by Crippen LogP contribution is -2.32. The quantitative estimate of drug-likeness (QED) is 0.572. The Bertz CT molecular complexity index is 356. The first-order valence-electron chi connectivity index (χ1n) is 7.99. The van der Waals surface area contributed by atoms with Gasteiger partial charge < -0.3 is 15.2 Å². The fourth-order valence-corrected chi connectivity index (χ4v) is 2.21. The van der Waals surface area contributed by atoms with Crippen LogP contribution in [0.5, 0.6) is 5.75 Å². The van der Waals surface area contributed by atoms with E-state index in [0.29, 0.717) is 18.2 Å². The molecule has 1 unspecified atom stereocenters. The molecule has 0 saturated carbocycles. The summed E-state index contributed by atoms with van der Waals surface area (Å²) in [6, 6.07) is 7.16. The van der Waals surface area contributed by atoms with Gasteiger partial charge >= 0.3 is 0 Å². The summed E-state index contributed by atoms with van der Waals surface area (Å²) in [5, 5.41) is 13.8. The molecule has 0 heterocycles. The van der Waals surface area contributed by atoms with Gasteiger partial charge in [0.1, 0.15) is 18.5 Å². The zero-order valence-electron chi connectivity index (χ0n) is 13.0. The largest absolute Gasteiger partial charge is 0.491 e. The molecular weight excluding hydrogens is 286 g/mol. The van der Waals surface area contributed by atoms with Gasteiger partial charge in [-0.3, -0.25) is 0 Å². The molecule has 0 aromatic heterocycles. The number of aliphatic hydroxyl groups is 1. The van der Waals surface area contributed by atoms with Gasteiger partial charge in [-0.2, -0.15) is 0 Å². The number of halogens is 1. The van der Waals surface area contributed by atoms with Crippen LogP contribution in [-0.4, -0.2) is 30.9 Å². The van der Waals surface area contributed by atoms with Crippen molar-refractivity contribution in [3.63, 3.8) is 0 Å². The summed E-state index contributed by atoms with van der Waals surface area (Å²) >= 11 is 5.80. The van der Waals surface area contributed by atoms with Crippen molar-refractivity contribution in [3.8, 4) is 5.75 Å². The van der Waals surface area contributed by atoms with Crippen LogP contribution in [0.3, 0.4) is 0 Å². The van der Waals surface area contributed by atoms with Crippen LogP contribution in [0.15, 0.2) is 24.3 Å². The molecule has 0 saturated heterocycles. The highest BCUT2D eigenvalue weighted by atomic mass is 35.5. The van der Waals surface area contributed by atoms with Crippen LogP contribution in [0, 0.1) is 0 Å². The Morgan fingerprint density at radius 1 is 1.10 bits per heavy atom. The predicted molar refractivity (Wildman–Crippen MR) is 89.2 cm³/mol. The Hall–Kier alpha value is -0.770.